The van der Waals surface area contributed by atoms with E-state index in [1.54, 1.807) is 11.3 Å². The van der Waals surface area contributed by atoms with Gasteiger partial charge in [0.25, 0.3) is 0 Å². The molecule has 17 heavy (non-hydrogen) atoms. The van der Waals surface area contributed by atoms with Gasteiger partial charge in [-0.3, -0.25) is 0 Å². The van der Waals surface area contributed by atoms with Gasteiger partial charge in [-0.15, -0.1) is 11.3 Å². The molecule has 0 atom stereocenters. The summed E-state index contributed by atoms with van der Waals surface area (Å²) in [4.78, 5) is 1.17. The van der Waals surface area contributed by atoms with Gasteiger partial charge >= 0.3 is 0 Å². The first-order valence-corrected chi connectivity index (χ1v) is 6.59. The highest BCUT2D eigenvalue weighted by Gasteiger charge is 2.13. The minimum absolute atomic E-state index is 0.0952. The van der Waals surface area contributed by atoms with Gasteiger partial charge in [0.05, 0.1) is 10.6 Å². The third-order valence-corrected chi connectivity index (χ3v) is 3.48. The van der Waals surface area contributed by atoms with E-state index in [0.717, 1.165) is 18.0 Å². The van der Waals surface area contributed by atoms with E-state index in [1.165, 1.54) is 10.4 Å². The highest BCUT2D eigenvalue weighted by molar-refractivity contribution is 7.13. The zero-order valence-electron chi connectivity index (χ0n) is 10.7. The van der Waals surface area contributed by atoms with E-state index >= 15 is 0 Å². The fraction of sp³-hybridized carbons (Fsp3) is 0.462. The first kappa shape index (κ1) is 12.3. The molecule has 3 nitrogen and oxygen atoms in total. The molecule has 0 aromatic carbocycles. The van der Waals surface area contributed by atoms with E-state index in [1.807, 2.05) is 6.07 Å². The maximum atomic E-state index is 5.38. The van der Waals surface area contributed by atoms with Crippen molar-refractivity contribution < 1.29 is 4.52 Å². The summed E-state index contributed by atoms with van der Waals surface area (Å²) in [5, 5.41) is 9.55. The Balaban J connectivity index is 2.09. The summed E-state index contributed by atoms with van der Waals surface area (Å²) in [5.41, 5.74) is 2.28. The van der Waals surface area contributed by atoms with Crippen LogP contribution in [0, 0.1) is 6.92 Å². The van der Waals surface area contributed by atoms with Gasteiger partial charge in [-0.2, -0.15) is 0 Å². The van der Waals surface area contributed by atoms with Crippen LogP contribution in [0.1, 0.15) is 32.0 Å². The van der Waals surface area contributed by atoms with Crippen LogP contribution >= 0.6 is 11.3 Å². The number of aromatic nitrogens is 1. The van der Waals surface area contributed by atoms with Crippen LogP contribution in [0.2, 0.25) is 0 Å². The van der Waals surface area contributed by atoms with Crippen molar-refractivity contribution in [2.24, 2.45) is 0 Å². The molecular formula is C13H18N2OS. The Morgan fingerprint density at radius 1 is 1.41 bits per heavy atom. The number of nitrogens with zero attached hydrogens (tertiary/aromatic N) is 1. The molecule has 0 aliphatic carbocycles. The molecule has 2 heterocycles. The smallest absolute Gasteiger partial charge is 0.177 e. The molecular weight excluding hydrogens is 232 g/mol. The number of hydrogen-bond donors (Lipinski definition) is 1. The minimum Gasteiger partial charge on any atom is -0.355 e. The number of aryl methyl sites for hydroxylation is 1. The average Bonchev–Trinajstić information content (AvgIpc) is 2.81. The molecule has 92 valence electrons. The topological polar surface area (TPSA) is 38.1 Å². The average molecular weight is 250 g/mol. The summed E-state index contributed by atoms with van der Waals surface area (Å²) in [6.45, 7) is 9.23. The zero-order valence-corrected chi connectivity index (χ0v) is 11.5. The van der Waals surface area contributed by atoms with Gasteiger partial charge in [-0.05, 0) is 44.7 Å². The van der Waals surface area contributed by atoms with Crippen molar-refractivity contribution in [1.82, 2.24) is 10.5 Å². The van der Waals surface area contributed by atoms with Crippen LogP contribution in [0.5, 0.6) is 0 Å². The predicted molar refractivity (Wildman–Crippen MR) is 71.1 cm³/mol. The van der Waals surface area contributed by atoms with E-state index in [9.17, 15) is 0 Å². The number of hydrogen-bond acceptors (Lipinski definition) is 4. The molecule has 0 saturated carbocycles. The van der Waals surface area contributed by atoms with Crippen molar-refractivity contribution in [2.45, 2.75) is 39.8 Å². The molecule has 0 saturated heterocycles. The van der Waals surface area contributed by atoms with Crippen LogP contribution in [0.3, 0.4) is 0 Å². The molecule has 2 aromatic rings. The lowest BCUT2D eigenvalue weighted by Crippen LogP contribution is -2.35. The fourth-order valence-electron chi connectivity index (χ4n) is 1.48. The summed E-state index contributed by atoms with van der Waals surface area (Å²) in [6, 6.07) is 4.10. The predicted octanol–water partition coefficient (Wildman–Crippen LogP) is 3.60. The second-order valence-corrected chi connectivity index (χ2v) is 6.13. The van der Waals surface area contributed by atoms with Gasteiger partial charge in [-0.25, -0.2) is 0 Å². The van der Waals surface area contributed by atoms with Gasteiger partial charge in [0.15, 0.2) is 5.76 Å². The fourth-order valence-corrected chi connectivity index (χ4v) is 2.36. The van der Waals surface area contributed by atoms with E-state index < -0.39 is 0 Å². The van der Waals surface area contributed by atoms with Crippen molar-refractivity contribution in [2.75, 3.05) is 0 Å². The number of nitrogens with one attached hydrogen (secondary N) is 1. The molecule has 4 heteroatoms. The SMILES string of the molecule is Cc1ccsc1-c1cc(CNC(C)(C)C)no1. The summed E-state index contributed by atoms with van der Waals surface area (Å²) < 4.78 is 5.38. The molecule has 0 bridgehead atoms. The first-order valence-electron chi connectivity index (χ1n) is 5.71. The molecule has 0 radical (unpaired) electrons. The minimum atomic E-state index is 0.0952. The Hall–Kier alpha value is -1.13. The quantitative estimate of drug-likeness (QED) is 0.904. The van der Waals surface area contributed by atoms with Crippen molar-refractivity contribution in [3.05, 3.63) is 28.8 Å². The maximum Gasteiger partial charge on any atom is 0.177 e. The van der Waals surface area contributed by atoms with E-state index in [0.29, 0.717) is 0 Å². The van der Waals surface area contributed by atoms with Crippen molar-refractivity contribution in [1.29, 1.82) is 0 Å². The van der Waals surface area contributed by atoms with Crippen LogP contribution in [-0.4, -0.2) is 10.7 Å². The second-order valence-electron chi connectivity index (χ2n) is 5.22. The number of thiophene rings is 1. The Kier molecular flexibility index (Phi) is 3.35. The molecule has 0 amide bonds. The van der Waals surface area contributed by atoms with E-state index in [2.05, 4.69) is 49.6 Å². The van der Waals surface area contributed by atoms with Gasteiger partial charge in [0.2, 0.25) is 0 Å². The summed E-state index contributed by atoms with van der Waals surface area (Å²) in [5.74, 6) is 0.864. The third-order valence-electron chi connectivity index (χ3n) is 2.44. The van der Waals surface area contributed by atoms with Gasteiger partial charge in [0, 0.05) is 18.2 Å². The number of rotatable bonds is 3. The van der Waals surface area contributed by atoms with E-state index in [-0.39, 0.29) is 5.54 Å². The zero-order chi connectivity index (χ0) is 12.5. The third kappa shape index (κ3) is 3.17. The van der Waals surface area contributed by atoms with Gasteiger partial charge < -0.3 is 9.84 Å². The highest BCUT2D eigenvalue weighted by Crippen LogP contribution is 2.29. The summed E-state index contributed by atoms with van der Waals surface area (Å²) in [7, 11) is 0. The molecule has 2 aromatic heterocycles. The van der Waals surface area contributed by atoms with Crippen LogP contribution in [0.25, 0.3) is 10.6 Å². The normalized spacial score (nSPS) is 12.0. The molecule has 0 spiro atoms. The second kappa shape index (κ2) is 4.63. The van der Waals surface area contributed by atoms with E-state index in [4.69, 9.17) is 4.52 Å². The Morgan fingerprint density at radius 3 is 2.76 bits per heavy atom. The van der Waals surface area contributed by atoms with Crippen molar-refractivity contribution >= 4 is 11.3 Å². The monoisotopic (exact) mass is 250 g/mol. The lowest BCUT2D eigenvalue weighted by atomic mass is 10.1. The molecule has 2 rings (SSSR count). The lowest BCUT2D eigenvalue weighted by molar-refractivity contribution is 0.393. The lowest BCUT2D eigenvalue weighted by Gasteiger charge is -2.19. The standard InChI is InChI=1S/C13H18N2OS/c1-9-5-6-17-12(9)11-7-10(15-16-11)8-14-13(2,3)4/h5-7,14H,8H2,1-4H3. The molecule has 0 aliphatic heterocycles. The van der Waals surface area contributed by atoms with Gasteiger partial charge in [0.1, 0.15) is 0 Å². The summed E-state index contributed by atoms with van der Waals surface area (Å²) >= 11 is 1.69. The van der Waals surface area contributed by atoms with Crippen LogP contribution in [0.15, 0.2) is 22.0 Å². The Labute approximate surface area is 106 Å². The van der Waals surface area contributed by atoms with Gasteiger partial charge in [-0.1, -0.05) is 5.16 Å². The molecule has 0 fully saturated rings. The summed E-state index contributed by atoms with van der Waals surface area (Å²) in [6.07, 6.45) is 0. The van der Waals surface area contributed by atoms with Crippen molar-refractivity contribution in [3.63, 3.8) is 0 Å². The molecule has 0 aliphatic rings. The van der Waals surface area contributed by atoms with Crippen LogP contribution in [-0.2, 0) is 6.54 Å². The van der Waals surface area contributed by atoms with Crippen molar-refractivity contribution in [3.8, 4) is 10.6 Å². The Morgan fingerprint density at radius 2 is 2.18 bits per heavy atom. The van der Waals surface area contributed by atoms with Crippen LogP contribution in [0.4, 0.5) is 0 Å². The highest BCUT2D eigenvalue weighted by atomic mass is 32.1. The Bertz CT molecular complexity index is 493. The van der Waals surface area contributed by atoms with Crippen LogP contribution < -0.4 is 5.32 Å². The molecule has 0 unspecified atom stereocenters. The molecule has 1 N–H and O–H groups in total. The first-order chi connectivity index (χ1) is 7.96. The maximum absolute atomic E-state index is 5.38. The largest absolute Gasteiger partial charge is 0.355 e.